The summed E-state index contributed by atoms with van der Waals surface area (Å²) in [6.07, 6.45) is 2.30. The lowest BCUT2D eigenvalue weighted by Gasteiger charge is -2.10. The summed E-state index contributed by atoms with van der Waals surface area (Å²) < 4.78 is 0. The summed E-state index contributed by atoms with van der Waals surface area (Å²) >= 11 is 0. The zero-order chi connectivity index (χ0) is 9.97. The number of rotatable bonds is 2. The minimum atomic E-state index is -0.241. The smallest absolute Gasteiger partial charge is 0.263 e. The van der Waals surface area contributed by atoms with Crippen LogP contribution in [0.2, 0.25) is 0 Å². The second-order valence-electron chi connectivity index (χ2n) is 2.85. The molecule has 0 atom stereocenters. The molecule has 72 valence electrons. The van der Waals surface area contributed by atoms with E-state index in [1.165, 1.54) is 6.20 Å². The summed E-state index contributed by atoms with van der Waals surface area (Å²) in [7, 11) is 0. The summed E-state index contributed by atoms with van der Waals surface area (Å²) in [5.74, 6) is 0.434. The Morgan fingerprint density at radius 1 is 1.57 bits per heavy atom. The summed E-state index contributed by atoms with van der Waals surface area (Å²) in [5, 5.41) is 9.87. The van der Waals surface area contributed by atoms with Crippen LogP contribution in [0.5, 0.6) is 0 Å². The molecule has 1 amide bonds. The molecule has 2 aliphatic heterocycles. The van der Waals surface area contributed by atoms with Crippen LogP contribution in [0.3, 0.4) is 0 Å². The number of guanidine groups is 1. The molecule has 0 saturated carbocycles. The number of azo groups is 1. The van der Waals surface area contributed by atoms with Gasteiger partial charge in [-0.1, -0.05) is 6.92 Å². The number of carbonyl (C=O) groups excluding carboxylic acids is 1. The van der Waals surface area contributed by atoms with Gasteiger partial charge in [-0.15, -0.1) is 5.11 Å². The molecule has 0 bridgehead atoms. The Bertz CT molecular complexity index is 391. The zero-order valence-corrected chi connectivity index (χ0v) is 7.69. The first-order valence-corrected chi connectivity index (χ1v) is 4.37. The van der Waals surface area contributed by atoms with Crippen LogP contribution < -0.4 is 5.32 Å². The van der Waals surface area contributed by atoms with Crippen LogP contribution in [0.4, 0.5) is 0 Å². The van der Waals surface area contributed by atoms with E-state index >= 15 is 0 Å². The molecule has 2 aliphatic rings. The van der Waals surface area contributed by atoms with Gasteiger partial charge in [0, 0.05) is 6.54 Å². The maximum atomic E-state index is 11.4. The van der Waals surface area contributed by atoms with Gasteiger partial charge >= 0.3 is 0 Å². The predicted octanol–water partition coefficient (Wildman–Crippen LogP) is 0.630. The Balaban J connectivity index is 2.27. The highest BCUT2D eigenvalue weighted by molar-refractivity contribution is 6.30. The Labute approximate surface area is 80.5 Å². The van der Waals surface area contributed by atoms with Crippen molar-refractivity contribution in [3.05, 3.63) is 11.8 Å². The molecule has 6 nitrogen and oxygen atoms in total. The van der Waals surface area contributed by atoms with E-state index < -0.39 is 0 Å². The minimum absolute atomic E-state index is 0.241. The first-order chi connectivity index (χ1) is 6.81. The summed E-state index contributed by atoms with van der Waals surface area (Å²) in [6.45, 7) is 2.64. The monoisotopic (exact) mass is 191 g/mol. The van der Waals surface area contributed by atoms with E-state index in [1.807, 2.05) is 6.92 Å². The van der Waals surface area contributed by atoms with Crippen molar-refractivity contribution >= 4 is 17.7 Å². The predicted molar refractivity (Wildman–Crippen MR) is 51.1 cm³/mol. The standard InChI is InChI=1S/C8H9N5O/c1-2-3-9-8-11-6-5(4-10-13-6)7(14)12-8/h4H,2-3H2,1H3,(H,9,12,14). The highest BCUT2D eigenvalue weighted by atomic mass is 16.2. The zero-order valence-electron chi connectivity index (χ0n) is 7.69. The van der Waals surface area contributed by atoms with Crippen molar-refractivity contribution in [1.29, 1.82) is 0 Å². The summed E-state index contributed by atoms with van der Waals surface area (Å²) in [6, 6.07) is 0. The lowest BCUT2D eigenvalue weighted by Crippen LogP contribution is -2.37. The number of fused-ring (bicyclic) bond motifs is 1. The molecule has 0 aromatic carbocycles. The third kappa shape index (κ3) is 1.46. The van der Waals surface area contributed by atoms with Gasteiger partial charge in [-0.05, 0) is 6.42 Å². The molecule has 0 aromatic rings. The molecule has 6 heteroatoms. The molecular weight excluding hydrogens is 182 g/mol. The van der Waals surface area contributed by atoms with Crippen LogP contribution in [0.25, 0.3) is 0 Å². The number of hydrogen-bond donors (Lipinski definition) is 1. The van der Waals surface area contributed by atoms with Gasteiger partial charge < -0.3 is 0 Å². The van der Waals surface area contributed by atoms with Gasteiger partial charge in [0.15, 0.2) is 5.84 Å². The molecule has 0 aromatic heterocycles. The number of nitrogens with zero attached hydrogens (tertiary/aromatic N) is 4. The highest BCUT2D eigenvalue weighted by Crippen LogP contribution is 2.12. The molecule has 0 unspecified atom stereocenters. The van der Waals surface area contributed by atoms with Crippen LogP contribution in [-0.4, -0.2) is 24.2 Å². The van der Waals surface area contributed by atoms with E-state index in [1.54, 1.807) is 0 Å². The lowest BCUT2D eigenvalue weighted by atomic mass is 10.2. The van der Waals surface area contributed by atoms with E-state index in [9.17, 15) is 4.79 Å². The van der Waals surface area contributed by atoms with E-state index in [4.69, 9.17) is 0 Å². The van der Waals surface area contributed by atoms with Gasteiger partial charge in [0.25, 0.3) is 5.91 Å². The normalized spacial score (nSPS) is 21.8. The van der Waals surface area contributed by atoms with Gasteiger partial charge in [0.1, 0.15) is 5.57 Å². The molecule has 1 N–H and O–H groups in total. The van der Waals surface area contributed by atoms with Gasteiger partial charge in [0.2, 0.25) is 5.96 Å². The first-order valence-electron chi connectivity index (χ1n) is 4.37. The highest BCUT2D eigenvalue weighted by Gasteiger charge is 2.25. The van der Waals surface area contributed by atoms with Crippen LogP contribution in [0.1, 0.15) is 13.3 Å². The number of amides is 1. The molecule has 0 spiro atoms. The first kappa shape index (κ1) is 8.74. The summed E-state index contributed by atoms with van der Waals surface area (Å²) in [4.78, 5) is 19.5. The maximum Gasteiger partial charge on any atom is 0.263 e. The number of aliphatic imine (C=N–C) groups is 2. The number of nitrogens with one attached hydrogen (secondary N) is 1. The van der Waals surface area contributed by atoms with Crippen molar-refractivity contribution in [3.63, 3.8) is 0 Å². The molecule has 0 aliphatic carbocycles. The molecule has 14 heavy (non-hydrogen) atoms. The topological polar surface area (TPSA) is 78.5 Å². The Morgan fingerprint density at radius 2 is 2.43 bits per heavy atom. The van der Waals surface area contributed by atoms with Crippen molar-refractivity contribution in [1.82, 2.24) is 5.32 Å². The van der Waals surface area contributed by atoms with Gasteiger partial charge in [-0.25, -0.2) is 0 Å². The molecular formula is C8H9N5O. The summed E-state index contributed by atoms with van der Waals surface area (Å²) in [5.41, 5.74) is 0.403. The van der Waals surface area contributed by atoms with Gasteiger partial charge in [-0.3, -0.25) is 15.1 Å². The van der Waals surface area contributed by atoms with Crippen LogP contribution >= 0.6 is 0 Å². The quantitative estimate of drug-likeness (QED) is 0.682. The second-order valence-corrected chi connectivity index (χ2v) is 2.85. The molecule has 0 saturated heterocycles. The van der Waals surface area contributed by atoms with E-state index in [0.29, 0.717) is 23.9 Å². The van der Waals surface area contributed by atoms with Crippen LogP contribution in [-0.2, 0) is 4.79 Å². The van der Waals surface area contributed by atoms with Gasteiger partial charge in [0.05, 0.1) is 6.20 Å². The Kier molecular flexibility index (Phi) is 2.18. The van der Waals surface area contributed by atoms with E-state index in [0.717, 1.165) is 6.42 Å². The minimum Gasteiger partial charge on any atom is -0.290 e. The number of amidine groups is 1. The third-order valence-corrected chi connectivity index (χ3v) is 1.75. The fraction of sp³-hybridized carbons (Fsp3) is 0.375. The van der Waals surface area contributed by atoms with Crippen LogP contribution in [0, 0.1) is 0 Å². The number of hydrogen-bond acceptors (Lipinski definition) is 4. The largest absolute Gasteiger partial charge is 0.290 e. The molecule has 0 fully saturated rings. The second kappa shape index (κ2) is 3.49. The average Bonchev–Trinajstić information content (AvgIpc) is 2.63. The van der Waals surface area contributed by atoms with Crippen molar-refractivity contribution in [3.8, 4) is 0 Å². The van der Waals surface area contributed by atoms with Crippen molar-refractivity contribution < 1.29 is 4.79 Å². The fourth-order valence-electron chi connectivity index (χ4n) is 1.09. The Hall–Kier alpha value is -1.85. The SMILES string of the molecule is CCCN=C1N=C2N=NC=C2C(=O)N1. The van der Waals surface area contributed by atoms with E-state index in [-0.39, 0.29) is 5.91 Å². The van der Waals surface area contributed by atoms with Gasteiger partial charge in [-0.2, -0.15) is 10.1 Å². The fourth-order valence-corrected chi connectivity index (χ4v) is 1.09. The third-order valence-electron chi connectivity index (χ3n) is 1.75. The molecule has 2 rings (SSSR count). The van der Waals surface area contributed by atoms with Crippen LogP contribution in [0.15, 0.2) is 32.0 Å². The average molecular weight is 191 g/mol. The number of carbonyl (C=O) groups is 1. The Morgan fingerprint density at radius 3 is 3.21 bits per heavy atom. The molecule has 0 radical (unpaired) electrons. The maximum absolute atomic E-state index is 11.4. The van der Waals surface area contributed by atoms with Crippen molar-refractivity contribution in [2.75, 3.05) is 6.54 Å². The molecule has 2 heterocycles. The van der Waals surface area contributed by atoms with E-state index in [2.05, 4.69) is 25.5 Å². The van der Waals surface area contributed by atoms with Crippen molar-refractivity contribution in [2.24, 2.45) is 20.2 Å². The lowest BCUT2D eigenvalue weighted by molar-refractivity contribution is -0.115. The van der Waals surface area contributed by atoms with Crippen molar-refractivity contribution in [2.45, 2.75) is 13.3 Å².